The molecule has 2 aromatic rings. The highest BCUT2D eigenvalue weighted by atomic mass is 32.2. The maximum absolute atomic E-state index is 11.0. The quantitative estimate of drug-likeness (QED) is 0.658. The van der Waals surface area contributed by atoms with Crippen LogP contribution in [0.2, 0.25) is 0 Å². The minimum absolute atomic E-state index is 0.424. The molecule has 0 radical (unpaired) electrons. The highest BCUT2D eigenvalue weighted by Crippen LogP contribution is 2.27. The Hall–Kier alpha value is -1.60. The summed E-state index contributed by atoms with van der Waals surface area (Å²) in [6.07, 6.45) is 0. The third-order valence-electron chi connectivity index (χ3n) is 2.29. The summed E-state index contributed by atoms with van der Waals surface area (Å²) in [7, 11) is 0. The summed E-state index contributed by atoms with van der Waals surface area (Å²) in [6, 6.07) is 5.10. The van der Waals surface area contributed by atoms with Gasteiger partial charge in [0.05, 0.1) is 0 Å². The number of hydrogen-bond acceptors (Lipinski definition) is 6. The highest BCUT2D eigenvalue weighted by Gasteiger charge is 2.07. The molecule has 2 rings (SSSR count). The van der Waals surface area contributed by atoms with Gasteiger partial charge in [0.1, 0.15) is 5.82 Å². The number of hydrogen-bond donors (Lipinski definition) is 2. The Morgan fingerprint density at radius 3 is 2.83 bits per heavy atom. The smallest absolute Gasteiger partial charge is 0.248 e. The summed E-state index contributed by atoms with van der Waals surface area (Å²) in [5, 5.41) is 0. The van der Waals surface area contributed by atoms with Crippen molar-refractivity contribution in [3.05, 3.63) is 35.2 Å². The fourth-order valence-electron chi connectivity index (χ4n) is 1.36. The normalized spacial score (nSPS) is 10.5. The second-order valence-corrected chi connectivity index (χ2v) is 5.65. The largest absolute Gasteiger partial charge is 0.398 e. The van der Waals surface area contributed by atoms with E-state index in [2.05, 4.69) is 9.36 Å². The van der Waals surface area contributed by atoms with Gasteiger partial charge in [-0.25, -0.2) is 4.98 Å². The second kappa shape index (κ2) is 5.36. The van der Waals surface area contributed by atoms with Gasteiger partial charge in [-0.1, -0.05) is 17.8 Å². The molecule has 0 unspecified atom stereocenters. The first-order valence-electron chi connectivity index (χ1n) is 5.17. The van der Waals surface area contributed by atoms with Crippen molar-refractivity contribution in [3.8, 4) is 0 Å². The van der Waals surface area contributed by atoms with Gasteiger partial charge < -0.3 is 11.5 Å². The first kappa shape index (κ1) is 12.8. The van der Waals surface area contributed by atoms with E-state index in [-0.39, 0.29) is 0 Å². The minimum Gasteiger partial charge on any atom is -0.398 e. The number of nitrogen functional groups attached to an aromatic ring is 1. The third-order valence-corrected chi connectivity index (χ3v) is 4.26. The Bertz CT molecular complexity index is 582. The standard InChI is InChI=1S/C11H12N4OS2/c1-6-14-11(18-15-6)17-5-8-3-2-7(10(13)16)4-9(8)12/h2-4H,5,12H2,1H3,(H2,13,16). The molecular formula is C11H12N4OS2. The van der Waals surface area contributed by atoms with Gasteiger partial charge in [0.25, 0.3) is 0 Å². The molecule has 0 aliphatic carbocycles. The summed E-state index contributed by atoms with van der Waals surface area (Å²) in [4.78, 5) is 15.2. The molecule has 1 heterocycles. The van der Waals surface area contributed by atoms with Crippen LogP contribution in [0.5, 0.6) is 0 Å². The zero-order chi connectivity index (χ0) is 13.1. The molecule has 0 spiro atoms. The molecule has 0 fully saturated rings. The van der Waals surface area contributed by atoms with Crippen LogP contribution in [0, 0.1) is 6.92 Å². The average molecular weight is 280 g/mol. The Morgan fingerprint density at radius 1 is 1.50 bits per heavy atom. The predicted molar refractivity (Wildman–Crippen MR) is 73.6 cm³/mol. The molecule has 0 bridgehead atoms. The second-order valence-electron chi connectivity index (χ2n) is 3.67. The van der Waals surface area contributed by atoms with E-state index in [0.717, 1.165) is 15.7 Å². The van der Waals surface area contributed by atoms with Crippen LogP contribution in [0.15, 0.2) is 22.5 Å². The van der Waals surface area contributed by atoms with Crippen molar-refractivity contribution in [2.24, 2.45) is 5.73 Å². The molecule has 5 nitrogen and oxygen atoms in total. The van der Waals surface area contributed by atoms with Crippen LogP contribution in [0.25, 0.3) is 0 Å². The van der Waals surface area contributed by atoms with E-state index in [0.29, 0.717) is 17.0 Å². The van der Waals surface area contributed by atoms with Crippen molar-refractivity contribution in [1.29, 1.82) is 0 Å². The van der Waals surface area contributed by atoms with Crippen molar-refractivity contribution in [2.45, 2.75) is 17.0 Å². The molecule has 0 aliphatic rings. The molecule has 0 aliphatic heterocycles. The number of primary amides is 1. The van der Waals surface area contributed by atoms with Crippen LogP contribution < -0.4 is 11.5 Å². The number of benzene rings is 1. The molecule has 0 atom stereocenters. The lowest BCUT2D eigenvalue weighted by Gasteiger charge is -2.05. The van der Waals surface area contributed by atoms with E-state index in [9.17, 15) is 4.79 Å². The highest BCUT2D eigenvalue weighted by molar-refractivity contribution is 8.00. The van der Waals surface area contributed by atoms with Crippen LogP contribution >= 0.6 is 23.3 Å². The molecule has 1 amide bonds. The molecule has 7 heteroatoms. The Morgan fingerprint density at radius 2 is 2.28 bits per heavy atom. The van der Waals surface area contributed by atoms with Crippen LogP contribution in [0.1, 0.15) is 21.7 Å². The lowest BCUT2D eigenvalue weighted by atomic mass is 10.1. The molecular weight excluding hydrogens is 268 g/mol. The maximum atomic E-state index is 11.0. The summed E-state index contributed by atoms with van der Waals surface area (Å²) in [6.45, 7) is 1.86. The van der Waals surface area contributed by atoms with Crippen molar-refractivity contribution < 1.29 is 4.79 Å². The number of thioether (sulfide) groups is 1. The van der Waals surface area contributed by atoms with Crippen LogP contribution in [-0.2, 0) is 5.75 Å². The van der Waals surface area contributed by atoms with Gasteiger partial charge in [-0.05, 0) is 36.2 Å². The van der Waals surface area contributed by atoms with Crippen LogP contribution in [-0.4, -0.2) is 15.3 Å². The Kier molecular flexibility index (Phi) is 3.83. The number of carbonyl (C=O) groups is 1. The van der Waals surface area contributed by atoms with E-state index >= 15 is 0 Å². The number of carbonyl (C=O) groups excluding carboxylic acids is 1. The van der Waals surface area contributed by atoms with Gasteiger partial charge in [0.15, 0.2) is 4.34 Å². The van der Waals surface area contributed by atoms with Gasteiger partial charge in [-0.3, -0.25) is 4.79 Å². The molecule has 18 heavy (non-hydrogen) atoms. The van der Waals surface area contributed by atoms with Crippen molar-refractivity contribution >= 4 is 34.9 Å². The van der Waals surface area contributed by atoms with Gasteiger partial charge in [-0.2, -0.15) is 4.37 Å². The fraction of sp³-hybridized carbons (Fsp3) is 0.182. The molecule has 94 valence electrons. The van der Waals surface area contributed by atoms with E-state index in [1.807, 2.05) is 13.0 Å². The number of aromatic nitrogens is 2. The molecule has 0 saturated carbocycles. The van der Waals surface area contributed by atoms with Gasteiger partial charge in [0.2, 0.25) is 5.91 Å². The van der Waals surface area contributed by atoms with Crippen LogP contribution in [0.3, 0.4) is 0 Å². The van der Waals surface area contributed by atoms with Crippen molar-refractivity contribution in [1.82, 2.24) is 9.36 Å². The van der Waals surface area contributed by atoms with Crippen LogP contribution in [0.4, 0.5) is 5.69 Å². The Labute approximate surface area is 113 Å². The number of anilines is 1. The van der Waals surface area contributed by atoms with Crippen molar-refractivity contribution in [2.75, 3.05) is 5.73 Å². The fourth-order valence-corrected chi connectivity index (χ4v) is 3.02. The molecule has 1 aromatic heterocycles. The number of nitrogens with two attached hydrogens (primary N) is 2. The number of aryl methyl sites for hydroxylation is 1. The van der Waals surface area contributed by atoms with E-state index < -0.39 is 5.91 Å². The van der Waals surface area contributed by atoms with Crippen molar-refractivity contribution in [3.63, 3.8) is 0 Å². The number of amides is 1. The van der Waals surface area contributed by atoms with E-state index in [1.165, 1.54) is 11.5 Å². The predicted octanol–water partition coefficient (Wildman–Crippen LogP) is 1.82. The summed E-state index contributed by atoms with van der Waals surface area (Å²) >= 11 is 2.94. The zero-order valence-corrected chi connectivity index (χ0v) is 11.3. The average Bonchev–Trinajstić information content (AvgIpc) is 2.73. The molecule has 1 aromatic carbocycles. The minimum atomic E-state index is -0.472. The SMILES string of the molecule is Cc1nsc(SCc2ccc(C(N)=O)cc2N)n1. The zero-order valence-electron chi connectivity index (χ0n) is 9.71. The van der Waals surface area contributed by atoms with E-state index in [1.54, 1.807) is 23.9 Å². The maximum Gasteiger partial charge on any atom is 0.248 e. The lowest BCUT2D eigenvalue weighted by molar-refractivity contribution is 0.100. The Balaban J connectivity index is 2.08. The monoisotopic (exact) mass is 280 g/mol. The van der Waals surface area contributed by atoms with Gasteiger partial charge in [-0.15, -0.1) is 0 Å². The van der Waals surface area contributed by atoms with Gasteiger partial charge in [0, 0.05) is 17.0 Å². The number of nitrogens with zero attached hydrogens (tertiary/aromatic N) is 2. The molecule has 4 N–H and O–H groups in total. The third kappa shape index (κ3) is 2.99. The molecule has 0 saturated heterocycles. The lowest BCUT2D eigenvalue weighted by Crippen LogP contribution is -2.11. The first-order valence-corrected chi connectivity index (χ1v) is 6.93. The number of rotatable bonds is 4. The summed E-state index contributed by atoms with van der Waals surface area (Å²) in [5.74, 6) is 1.000. The topological polar surface area (TPSA) is 94.9 Å². The first-order chi connectivity index (χ1) is 8.56. The van der Waals surface area contributed by atoms with E-state index in [4.69, 9.17) is 11.5 Å². The van der Waals surface area contributed by atoms with Gasteiger partial charge >= 0.3 is 0 Å². The summed E-state index contributed by atoms with van der Waals surface area (Å²) in [5.41, 5.74) is 13.0. The summed E-state index contributed by atoms with van der Waals surface area (Å²) < 4.78 is 5.01.